The Kier molecular flexibility index (Phi) is 6.08. The summed E-state index contributed by atoms with van der Waals surface area (Å²) < 4.78 is 31.1. The first-order chi connectivity index (χ1) is 12.8. The van der Waals surface area contributed by atoms with Gasteiger partial charge in [0.05, 0.1) is 0 Å². The fourth-order valence-electron chi connectivity index (χ4n) is 2.30. The first kappa shape index (κ1) is 19.7. The number of halogens is 1. The predicted octanol–water partition coefficient (Wildman–Crippen LogP) is 4.86. The lowest BCUT2D eigenvalue weighted by molar-refractivity contribution is -0.116. The Morgan fingerprint density at radius 1 is 1.11 bits per heavy atom. The molecule has 2 aromatic carbocycles. The second kappa shape index (κ2) is 8.33. The molecule has 1 heterocycles. The van der Waals surface area contributed by atoms with Crippen LogP contribution in [0.4, 0.5) is 0 Å². The van der Waals surface area contributed by atoms with Gasteiger partial charge in [-0.05, 0) is 43.2 Å². The van der Waals surface area contributed by atoms with Crippen LogP contribution in [0.15, 0.2) is 63.4 Å². The molecule has 0 fully saturated rings. The minimum Gasteiger partial charge on any atom is -0.378 e. The van der Waals surface area contributed by atoms with E-state index in [1.54, 1.807) is 31.2 Å². The van der Waals surface area contributed by atoms with Crippen LogP contribution in [0.3, 0.4) is 0 Å². The van der Waals surface area contributed by atoms with E-state index in [2.05, 4.69) is 20.9 Å². The largest absolute Gasteiger partial charge is 0.378 e. The van der Waals surface area contributed by atoms with Gasteiger partial charge in [-0.1, -0.05) is 40.2 Å². The monoisotopic (exact) mass is 465 g/mol. The molecule has 0 amide bonds. The summed E-state index contributed by atoms with van der Waals surface area (Å²) in [5.74, 6) is 0.322. The van der Waals surface area contributed by atoms with Gasteiger partial charge < -0.3 is 8.98 Å². The van der Waals surface area contributed by atoms with Crippen molar-refractivity contribution < 1.29 is 17.4 Å². The SMILES string of the molecule is CC(=O)CCc1ccc(OS(=O)(=O)c2csc(-c3ccc(Br)cc3)n2)cc1. The van der Waals surface area contributed by atoms with E-state index in [1.165, 1.54) is 16.7 Å². The minimum absolute atomic E-state index is 0.114. The van der Waals surface area contributed by atoms with Crippen molar-refractivity contribution >= 4 is 43.2 Å². The van der Waals surface area contributed by atoms with Crippen LogP contribution in [0, 0.1) is 0 Å². The smallest absolute Gasteiger partial charge is 0.357 e. The predicted molar refractivity (Wildman–Crippen MR) is 109 cm³/mol. The summed E-state index contributed by atoms with van der Waals surface area (Å²) in [4.78, 5) is 15.2. The molecule has 1 aromatic heterocycles. The molecule has 3 rings (SSSR count). The third-order valence-corrected chi connectivity index (χ3v) is 6.43. The molecular weight excluding hydrogens is 450 g/mol. The highest BCUT2D eigenvalue weighted by atomic mass is 79.9. The van der Waals surface area contributed by atoms with Crippen molar-refractivity contribution in [1.82, 2.24) is 4.98 Å². The first-order valence-corrected chi connectivity index (χ1v) is 11.2. The number of hydrogen-bond acceptors (Lipinski definition) is 6. The summed E-state index contributed by atoms with van der Waals surface area (Å²) >= 11 is 4.60. The van der Waals surface area contributed by atoms with E-state index in [9.17, 15) is 13.2 Å². The molecule has 27 heavy (non-hydrogen) atoms. The van der Waals surface area contributed by atoms with Crippen molar-refractivity contribution in [3.05, 3.63) is 63.9 Å². The lowest BCUT2D eigenvalue weighted by Crippen LogP contribution is -2.10. The van der Waals surface area contributed by atoms with Crippen molar-refractivity contribution in [3.63, 3.8) is 0 Å². The van der Waals surface area contributed by atoms with Crippen molar-refractivity contribution in [2.24, 2.45) is 0 Å². The molecule has 0 bridgehead atoms. The van der Waals surface area contributed by atoms with Crippen molar-refractivity contribution in [1.29, 1.82) is 0 Å². The molecule has 140 valence electrons. The molecular formula is C19H16BrNO4S2. The Morgan fingerprint density at radius 3 is 2.41 bits per heavy atom. The van der Waals surface area contributed by atoms with E-state index < -0.39 is 10.1 Å². The number of aromatic nitrogens is 1. The number of carbonyl (C=O) groups is 1. The summed E-state index contributed by atoms with van der Waals surface area (Å²) in [5.41, 5.74) is 1.78. The second-order valence-electron chi connectivity index (χ2n) is 5.88. The Bertz CT molecular complexity index is 1040. The summed E-state index contributed by atoms with van der Waals surface area (Å²) in [6.45, 7) is 1.54. The number of benzene rings is 2. The number of carbonyl (C=O) groups excluding carboxylic acids is 1. The summed E-state index contributed by atoms with van der Waals surface area (Å²) in [6.07, 6.45) is 1.07. The van der Waals surface area contributed by atoms with E-state index in [-0.39, 0.29) is 16.6 Å². The molecule has 0 unspecified atom stereocenters. The molecule has 0 atom stereocenters. The molecule has 0 aliphatic rings. The summed E-state index contributed by atoms with van der Waals surface area (Å²) in [5, 5.41) is 1.95. The zero-order valence-electron chi connectivity index (χ0n) is 14.4. The van der Waals surface area contributed by atoms with E-state index in [0.717, 1.165) is 15.6 Å². The Hall–Kier alpha value is -2.03. The van der Waals surface area contributed by atoms with Gasteiger partial charge in [-0.3, -0.25) is 0 Å². The van der Waals surface area contributed by atoms with E-state index in [4.69, 9.17) is 4.18 Å². The van der Waals surface area contributed by atoms with Crippen LogP contribution < -0.4 is 4.18 Å². The second-order valence-corrected chi connectivity index (χ2v) is 9.15. The Labute approximate surface area is 170 Å². The van der Waals surface area contributed by atoms with Crippen molar-refractivity contribution in [2.45, 2.75) is 24.8 Å². The van der Waals surface area contributed by atoms with Crippen LogP contribution in [0.5, 0.6) is 5.75 Å². The fraction of sp³-hybridized carbons (Fsp3) is 0.158. The highest BCUT2D eigenvalue weighted by Gasteiger charge is 2.21. The number of nitrogens with zero attached hydrogens (tertiary/aromatic N) is 1. The zero-order chi connectivity index (χ0) is 19.4. The average Bonchev–Trinajstić information content (AvgIpc) is 3.12. The van der Waals surface area contributed by atoms with Gasteiger partial charge in [0.15, 0.2) is 0 Å². The highest BCUT2D eigenvalue weighted by Crippen LogP contribution is 2.28. The number of ketones is 1. The van der Waals surface area contributed by atoms with Gasteiger partial charge >= 0.3 is 10.1 Å². The molecule has 0 aliphatic heterocycles. The maximum atomic E-state index is 12.5. The fourth-order valence-corrected chi connectivity index (χ4v) is 4.58. The number of hydrogen-bond donors (Lipinski definition) is 0. The quantitative estimate of drug-likeness (QED) is 0.465. The van der Waals surface area contributed by atoms with E-state index in [1.807, 2.05) is 24.3 Å². The maximum Gasteiger partial charge on any atom is 0.357 e. The summed E-state index contributed by atoms with van der Waals surface area (Å²) in [7, 11) is -4.01. The Morgan fingerprint density at radius 2 is 1.78 bits per heavy atom. The zero-order valence-corrected chi connectivity index (χ0v) is 17.6. The third-order valence-electron chi connectivity index (χ3n) is 3.73. The van der Waals surface area contributed by atoms with Gasteiger partial charge in [0.2, 0.25) is 5.03 Å². The number of rotatable bonds is 7. The van der Waals surface area contributed by atoms with Gasteiger partial charge in [0.1, 0.15) is 16.5 Å². The number of aryl methyl sites for hydroxylation is 1. The van der Waals surface area contributed by atoms with Crippen LogP contribution in [0.25, 0.3) is 10.6 Å². The number of Topliss-reactive ketones (excluding diaryl/α,β-unsaturated/α-hetero) is 1. The van der Waals surface area contributed by atoms with E-state index in [0.29, 0.717) is 17.8 Å². The number of thiazole rings is 1. The molecule has 8 heteroatoms. The molecule has 0 radical (unpaired) electrons. The topological polar surface area (TPSA) is 73.3 Å². The molecule has 0 aliphatic carbocycles. The van der Waals surface area contributed by atoms with Crippen molar-refractivity contribution in [3.8, 4) is 16.3 Å². The first-order valence-electron chi connectivity index (χ1n) is 8.08. The molecule has 0 saturated heterocycles. The molecule has 3 aromatic rings. The highest BCUT2D eigenvalue weighted by molar-refractivity contribution is 9.10. The molecule has 0 saturated carbocycles. The van der Waals surface area contributed by atoms with Crippen LogP contribution >= 0.6 is 27.3 Å². The molecule has 0 spiro atoms. The maximum absolute atomic E-state index is 12.5. The average molecular weight is 466 g/mol. The third kappa shape index (κ3) is 5.24. The molecule has 0 N–H and O–H groups in total. The van der Waals surface area contributed by atoms with Gasteiger partial charge in [0, 0.05) is 21.8 Å². The van der Waals surface area contributed by atoms with Gasteiger partial charge in [-0.2, -0.15) is 8.42 Å². The van der Waals surface area contributed by atoms with Crippen LogP contribution in [0.1, 0.15) is 18.9 Å². The molecule has 5 nitrogen and oxygen atoms in total. The van der Waals surface area contributed by atoms with Crippen LogP contribution in [-0.4, -0.2) is 19.2 Å². The lowest BCUT2D eigenvalue weighted by atomic mass is 10.1. The normalized spacial score (nSPS) is 11.3. The summed E-state index contributed by atoms with van der Waals surface area (Å²) in [6, 6.07) is 14.1. The Balaban J connectivity index is 1.73. The van der Waals surface area contributed by atoms with Gasteiger partial charge in [-0.15, -0.1) is 11.3 Å². The van der Waals surface area contributed by atoms with Gasteiger partial charge in [-0.25, -0.2) is 4.98 Å². The van der Waals surface area contributed by atoms with E-state index >= 15 is 0 Å². The van der Waals surface area contributed by atoms with Gasteiger partial charge in [0.25, 0.3) is 0 Å². The lowest BCUT2D eigenvalue weighted by Gasteiger charge is -2.06. The van der Waals surface area contributed by atoms with Crippen LogP contribution in [0.2, 0.25) is 0 Å². The minimum atomic E-state index is -4.01. The van der Waals surface area contributed by atoms with Crippen LogP contribution in [-0.2, 0) is 21.3 Å². The standard InChI is InChI=1S/C19H16BrNO4S2/c1-13(22)2-3-14-4-10-17(11-5-14)25-27(23,24)18-12-26-19(21-18)15-6-8-16(20)9-7-15/h4-12H,2-3H2,1H3. The van der Waals surface area contributed by atoms with Crippen molar-refractivity contribution in [2.75, 3.05) is 0 Å².